The van der Waals surface area contributed by atoms with Gasteiger partial charge in [0, 0.05) is 17.9 Å². The molecule has 0 radical (unpaired) electrons. The Morgan fingerprint density at radius 1 is 1.12 bits per heavy atom. The van der Waals surface area contributed by atoms with Gasteiger partial charge in [0.2, 0.25) is 11.0 Å². The van der Waals surface area contributed by atoms with Crippen molar-refractivity contribution in [3.8, 4) is 5.75 Å². The third-order valence-electron chi connectivity index (χ3n) is 3.72. The molecular weight excluding hydrogens is 350 g/mol. The average molecular weight is 369 g/mol. The molecule has 7 nitrogen and oxygen atoms in total. The molecule has 2 aromatic carbocycles. The number of hydrogen-bond acceptors (Lipinski definition) is 7. The number of nitrogen functional groups attached to an aromatic ring is 1. The minimum atomic E-state index is -0.418. The third kappa shape index (κ3) is 4.15. The van der Waals surface area contributed by atoms with Crippen LogP contribution < -0.4 is 21.5 Å². The first-order valence-electron chi connectivity index (χ1n) is 7.96. The van der Waals surface area contributed by atoms with Crippen LogP contribution in [0.3, 0.4) is 0 Å². The number of nitrogens with one attached hydrogen (secondary N) is 1. The zero-order valence-corrected chi connectivity index (χ0v) is 15.1. The average Bonchev–Trinajstić information content (AvgIpc) is 2.69. The molecule has 8 heteroatoms. The van der Waals surface area contributed by atoms with E-state index in [1.165, 1.54) is 11.8 Å². The molecule has 134 valence electrons. The van der Waals surface area contributed by atoms with Crippen molar-refractivity contribution in [2.45, 2.75) is 17.5 Å². The van der Waals surface area contributed by atoms with Gasteiger partial charge in [0.05, 0.1) is 7.11 Å². The molecule has 0 atom stereocenters. The van der Waals surface area contributed by atoms with Gasteiger partial charge in [-0.25, -0.2) is 0 Å². The number of anilines is 1. The number of nitrogens with two attached hydrogens (primary N) is 1. The molecule has 0 saturated heterocycles. The molecule has 0 saturated carbocycles. The van der Waals surface area contributed by atoms with E-state index in [0.717, 1.165) is 21.6 Å². The Labute approximate surface area is 155 Å². The van der Waals surface area contributed by atoms with E-state index in [9.17, 15) is 4.79 Å². The van der Waals surface area contributed by atoms with Crippen LogP contribution in [0.25, 0.3) is 0 Å². The number of thioether (sulfide) groups is 1. The van der Waals surface area contributed by atoms with Crippen LogP contribution in [0.5, 0.6) is 5.75 Å². The van der Waals surface area contributed by atoms with Crippen LogP contribution in [-0.2, 0) is 12.3 Å². The van der Waals surface area contributed by atoms with E-state index in [1.807, 2.05) is 54.6 Å². The summed E-state index contributed by atoms with van der Waals surface area (Å²) in [6.45, 7) is 0.471. The van der Waals surface area contributed by atoms with Gasteiger partial charge in [-0.1, -0.05) is 60.3 Å². The number of hydrogen-bond donors (Lipinski definition) is 2. The zero-order chi connectivity index (χ0) is 18.4. The van der Waals surface area contributed by atoms with Gasteiger partial charge >= 0.3 is 5.56 Å². The molecular formula is C18H19N5O2S. The number of methoxy groups -OCH3 is 1. The highest BCUT2D eigenvalue weighted by molar-refractivity contribution is 7.98. The predicted molar refractivity (Wildman–Crippen MR) is 103 cm³/mol. The summed E-state index contributed by atoms with van der Waals surface area (Å²) in [5.74, 6) is 7.36. The van der Waals surface area contributed by atoms with Crippen molar-refractivity contribution in [2.24, 2.45) is 0 Å². The maximum absolute atomic E-state index is 12.4. The number of benzene rings is 2. The summed E-state index contributed by atoms with van der Waals surface area (Å²) in [6.07, 6.45) is 0. The Morgan fingerprint density at radius 3 is 2.62 bits per heavy atom. The lowest BCUT2D eigenvalue weighted by Crippen LogP contribution is -2.32. The molecule has 1 heterocycles. The summed E-state index contributed by atoms with van der Waals surface area (Å²) in [5, 5.41) is 11.4. The summed E-state index contributed by atoms with van der Waals surface area (Å²) in [5.41, 5.74) is 1.60. The maximum atomic E-state index is 12.4. The van der Waals surface area contributed by atoms with Gasteiger partial charge in [0.25, 0.3) is 0 Å². The lowest BCUT2D eigenvalue weighted by atomic mass is 10.2. The van der Waals surface area contributed by atoms with Gasteiger partial charge in [0.15, 0.2) is 0 Å². The third-order valence-corrected chi connectivity index (χ3v) is 4.71. The molecule has 0 aliphatic carbocycles. The van der Waals surface area contributed by atoms with Crippen molar-refractivity contribution < 1.29 is 4.74 Å². The van der Waals surface area contributed by atoms with Crippen LogP contribution in [0, 0.1) is 0 Å². The topological polar surface area (TPSA) is 95.1 Å². The van der Waals surface area contributed by atoms with E-state index in [0.29, 0.717) is 17.5 Å². The highest BCUT2D eigenvalue weighted by Crippen LogP contribution is 2.25. The van der Waals surface area contributed by atoms with Crippen molar-refractivity contribution in [3.63, 3.8) is 0 Å². The van der Waals surface area contributed by atoms with Crippen LogP contribution >= 0.6 is 11.8 Å². The quantitative estimate of drug-likeness (QED) is 0.487. The van der Waals surface area contributed by atoms with Crippen LogP contribution in [0.4, 0.5) is 5.82 Å². The fourth-order valence-electron chi connectivity index (χ4n) is 2.34. The highest BCUT2D eigenvalue weighted by atomic mass is 32.2. The van der Waals surface area contributed by atoms with Crippen molar-refractivity contribution in [1.29, 1.82) is 0 Å². The van der Waals surface area contributed by atoms with Crippen molar-refractivity contribution in [1.82, 2.24) is 14.9 Å². The monoisotopic (exact) mass is 369 g/mol. The van der Waals surface area contributed by atoms with E-state index in [1.54, 1.807) is 7.11 Å². The molecule has 3 aromatic rings. The molecule has 0 spiro atoms. The summed E-state index contributed by atoms with van der Waals surface area (Å²) in [7, 11) is 1.62. The molecule has 1 aromatic heterocycles. The molecule has 0 bridgehead atoms. The Bertz CT molecular complexity index is 930. The number of para-hydroxylation sites is 1. The first-order valence-corrected chi connectivity index (χ1v) is 8.95. The van der Waals surface area contributed by atoms with E-state index in [2.05, 4.69) is 15.5 Å². The largest absolute Gasteiger partial charge is 0.496 e. The second-order valence-corrected chi connectivity index (χ2v) is 6.39. The second-order valence-electron chi connectivity index (χ2n) is 5.45. The van der Waals surface area contributed by atoms with Crippen LogP contribution in [0.15, 0.2) is 64.5 Å². The summed E-state index contributed by atoms with van der Waals surface area (Å²) >= 11 is 1.32. The molecule has 0 aliphatic heterocycles. The van der Waals surface area contributed by atoms with Crippen LogP contribution in [-0.4, -0.2) is 22.0 Å². The molecule has 26 heavy (non-hydrogen) atoms. The first kappa shape index (κ1) is 17.8. The van der Waals surface area contributed by atoms with E-state index in [4.69, 9.17) is 10.6 Å². The molecule has 0 unspecified atom stereocenters. The van der Waals surface area contributed by atoms with Crippen LogP contribution in [0.1, 0.15) is 11.1 Å². The fraction of sp³-hybridized carbons (Fsp3) is 0.167. The smallest absolute Gasteiger partial charge is 0.315 e. The van der Waals surface area contributed by atoms with Crippen molar-refractivity contribution >= 4 is 17.6 Å². The predicted octanol–water partition coefficient (Wildman–Crippen LogP) is 2.27. The molecule has 0 fully saturated rings. The van der Waals surface area contributed by atoms with Gasteiger partial charge in [-0.2, -0.15) is 4.68 Å². The Hall–Kier alpha value is -3.00. The van der Waals surface area contributed by atoms with Gasteiger partial charge in [-0.05, 0) is 11.6 Å². The van der Waals surface area contributed by atoms with Crippen LogP contribution in [0.2, 0.25) is 0 Å². The van der Waals surface area contributed by atoms with Crippen molar-refractivity contribution in [2.75, 3.05) is 18.3 Å². The first-order chi connectivity index (χ1) is 12.7. The highest BCUT2D eigenvalue weighted by Gasteiger charge is 2.12. The fourth-order valence-corrected chi connectivity index (χ4v) is 3.18. The number of ether oxygens (including phenoxy) is 1. The lowest BCUT2D eigenvalue weighted by Gasteiger charge is -2.10. The van der Waals surface area contributed by atoms with Gasteiger partial charge in [-0.3, -0.25) is 4.79 Å². The normalized spacial score (nSPS) is 10.5. The summed E-state index contributed by atoms with van der Waals surface area (Å²) < 4.78 is 6.34. The minimum Gasteiger partial charge on any atom is -0.496 e. The lowest BCUT2D eigenvalue weighted by molar-refractivity contribution is 0.411. The Balaban J connectivity index is 1.70. The molecule has 0 amide bonds. The maximum Gasteiger partial charge on any atom is 0.315 e. The number of nitrogens with zero attached hydrogens (tertiary/aromatic N) is 3. The number of rotatable bonds is 7. The van der Waals surface area contributed by atoms with Crippen molar-refractivity contribution in [3.05, 3.63) is 76.1 Å². The second kappa shape index (κ2) is 8.39. The van der Waals surface area contributed by atoms with E-state index < -0.39 is 5.56 Å². The minimum absolute atomic E-state index is 0.123. The zero-order valence-electron chi connectivity index (χ0n) is 14.3. The molecule has 3 rings (SSSR count). The Morgan fingerprint density at radius 2 is 1.85 bits per heavy atom. The summed E-state index contributed by atoms with van der Waals surface area (Å²) in [4.78, 5) is 12.4. The molecule has 0 aliphatic rings. The number of aromatic nitrogens is 3. The van der Waals surface area contributed by atoms with Gasteiger partial charge < -0.3 is 15.9 Å². The van der Waals surface area contributed by atoms with E-state index in [-0.39, 0.29) is 5.82 Å². The standard InChI is InChI=1S/C18H19N5O2S/c1-25-15-10-6-5-9-14(15)12-26-18-22-21-16(17(24)23(18)19)20-11-13-7-3-2-4-8-13/h2-10H,11-12,19H2,1H3,(H,20,21). The SMILES string of the molecule is COc1ccccc1CSc1nnc(NCc2ccccc2)c(=O)n1N. The van der Waals surface area contributed by atoms with Gasteiger partial charge in [-0.15, -0.1) is 10.2 Å². The molecule has 3 N–H and O–H groups in total. The van der Waals surface area contributed by atoms with E-state index >= 15 is 0 Å². The Kier molecular flexibility index (Phi) is 5.75. The van der Waals surface area contributed by atoms with Gasteiger partial charge in [0.1, 0.15) is 5.75 Å². The summed E-state index contributed by atoms with van der Waals surface area (Å²) in [6, 6.07) is 17.4.